The number of carbonyl (C=O) groups is 3. The zero-order chi connectivity index (χ0) is 22.4. The van der Waals surface area contributed by atoms with Crippen LogP contribution >= 0.6 is 0 Å². The lowest BCUT2D eigenvalue weighted by Crippen LogP contribution is -2.44. The van der Waals surface area contributed by atoms with Crippen molar-refractivity contribution in [2.75, 3.05) is 24.5 Å². The van der Waals surface area contributed by atoms with Gasteiger partial charge in [0.05, 0.1) is 10.5 Å². The fraction of sp³-hybridized carbons (Fsp3) is 0.550. The highest BCUT2D eigenvalue weighted by Gasteiger charge is 2.29. The number of nitrogens with zero attached hydrogens (tertiary/aromatic N) is 2. The highest BCUT2D eigenvalue weighted by Crippen LogP contribution is 2.34. The number of hydrogen-bond donors (Lipinski definition) is 2. The van der Waals surface area contributed by atoms with E-state index in [4.69, 9.17) is 4.74 Å². The summed E-state index contributed by atoms with van der Waals surface area (Å²) < 4.78 is 5.06. The van der Waals surface area contributed by atoms with Gasteiger partial charge >= 0.3 is 12.0 Å². The average molecular weight is 420 g/mol. The fourth-order valence-corrected chi connectivity index (χ4v) is 3.62. The van der Waals surface area contributed by atoms with Crippen LogP contribution in [0.2, 0.25) is 0 Å². The molecule has 0 saturated carbocycles. The smallest absolute Gasteiger partial charge is 0.339 e. The highest BCUT2D eigenvalue weighted by molar-refractivity contribution is 5.98. The molecule has 2 N–H and O–H groups in total. The van der Waals surface area contributed by atoms with E-state index in [0.717, 1.165) is 12.5 Å². The maximum Gasteiger partial charge on any atom is 0.339 e. The van der Waals surface area contributed by atoms with Crippen LogP contribution in [0.3, 0.4) is 0 Å². The van der Waals surface area contributed by atoms with E-state index in [0.29, 0.717) is 37.2 Å². The van der Waals surface area contributed by atoms with Crippen molar-refractivity contribution in [3.05, 3.63) is 33.9 Å². The summed E-state index contributed by atoms with van der Waals surface area (Å²) in [4.78, 5) is 48.8. The van der Waals surface area contributed by atoms with E-state index in [1.54, 1.807) is 13.0 Å². The van der Waals surface area contributed by atoms with Crippen LogP contribution in [0, 0.1) is 22.0 Å². The Morgan fingerprint density at radius 3 is 2.47 bits per heavy atom. The van der Waals surface area contributed by atoms with E-state index in [1.807, 2.05) is 10.2 Å². The van der Waals surface area contributed by atoms with Gasteiger partial charge in [0.15, 0.2) is 6.10 Å². The predicted octanol–water partition coefficient (Wildman–Crippen LogP) is 2.47. The Labute approximate surface area is 175 Å². The number of nitro groups is 1. The summed E-state index contributed by atoms with van der Waals surface area (Å²) >= 11 is 0. The Bertz CT molecular complexity index is 818. The van der Waals surface area contributed by atoms with E-state index in [-0.39, 0.29) is 11.3 Å². The van der Waals surface area contributed by atoms with Crippen LogP contribution in [-0.2, 0) is 9.53 Å². The van der Waals surface area contributed by atoms with Crippen molar-refractivity contribution >= 4 is 29.3 Å². The van der Waals surface area contributed by atoms with Crippen LogP contribution in [0.5, 0.6) is 0 Å². The normalized spacial score (nSPS) is 19.5. The van der Waals surface area contributed by atoms with Crippen molar-refractivity contribution in [3.8, 4) is 0 Å². The van der Waals surface area contributed by atoms with E-state index < -0.39 is 28.9 Å². The molecule has 1 aliphatic rings. The van der Waals surface area contributed by atoms with E-state index in [2.05, 4.69) is 19.2 Å². The summed E-state index contributed by atoms with van der Waals surface area (Å²) in [5.41, 5.74) is 0.225. The lowest BCUT2D eigenvalue weighted by atomic mass is 9.91. The molecular formula is C20H28N4O6. The van der Waals surface area contributed by atoms with Crippen LogP contribution < -0.4 is 15.5 Å². The van der Waals surface area contributed by atoms with Crippen molar-refractivity contribution in [3.63, 3.8) is 0 Å². The first kappa shape index (κ1) is 23.1. The SMILES string of the molecule is CCNC(=O)NC(=O)C(C)OC(=O)c1ccc(N2CC(C)CC(C)C2)c([N+](=O)[O-])c1. The molecule has 1 aromatic rings. The number of anilines is 1. The van der Waals surface area contributed by atoms with Crippen LogP contribution in [0.15, 0.2) is 18.2 Å². The molecule has 2 rings (SSSR count). The lowest BCUT2D eigenvalue weighted by Gasteiger charge is -2.36. The molecule has 1 fully saturated rings. The van der Waals surface area contributed by atoms with Crippen LogP contribution in [-0.4, -0.2) is 48.6 Å². The van der Waals surface area contributed by atoms with Gasteiger partial charge in [-0.05, 0) is 44.2 Å². The number of nitro benzene ring substituents is 1. The van der Waals surface area contributed by atoms with Gasteiger partial charge in [0.25, 0.3) is 11.6 Å². The molecule has 1 aliphatic heterocycles. The number of piperidine rings is 1. The van der Waals surface area contributed by atoms with Crippen LogP contribution in [0.25, 0.3) is 0 Å². The number of urea groups is 1. The molecule has 0 bridgehead atoms. The number of ether oxygens (including phenoxy) is 1. The minimum atomic E-state index is -1.25. The number of imide groups is 1. The molecular weight excluding hydrogens is 392 g/mol. The third kappa shape index (κ3) is 5.91. The Morgan fingerprint density at radius 2 is 1.90 bits per heavy atom. The standard InChI is InChI=1S/C20H28N4O6/c1-5-21-20(27)22-18(25)14(4)30-19(26)15-6-7-16(17(9-15)24(28)29)23-10-12(2)8-13(3)11-23/h6-7,9,12-14H,5,8,10-11H2,1-4H3,(H2,21,22,25,27). The lowest BCUT2D eigenvalue weighted by molar-refractivity contribution is -0.384. The minimum Gasteiger partial charge on any atom is -0.449 e. The molecule has 1 heterocycles. The second-order valence-electron chi connectivity index (χ2n) is 7.71. The Balaban J connectivity index is 2.15. The molecule has 0 radical (unpaired) electrons. The summed E-state index contributed by atoms with van der Waals surface area (Å²) in [6, 6.07) is 3.45. The maximum absolute atomic E-state index is 12.4. The second kappa shape index (κ2) is 10.0. The van der Waals surface area contributed by atoms with Crippen molar-refractivity contribution < 1.29 is 24.0 Å². The third-order valence-corrected chi connectivity index (χ3v) is 4.84. The minimum absolute atomic E-state index is 0.0405. The van der Waals surface area contributed by atoms with Gasteiger partial charge in [0, 0.05) is 25.7 Å². The summed E-state index contributed by atoms with van der Waals surface area (Å²) in [6.45, 7) is 8.94. The van der Waals surface area contributed by atoms with Crippen molar-refractivity contribution in [2.45, 2.75) is 40.2 Å². The maximum atomic E-state index is 12.4. The largest absolute Gasteiger partial charge is 0.449 e. The molecule has 10 nitrogen and oxygen atoms in total. The first-order chi connectivity index (χ1) is 14.1. The van der Waals surface area contributed by atoms with Gasteiger partial charge in [-0.2, -0.15) is 0 Å². The molecule has 0 aromatic heterocycles. The fourth-order valence-electron chi connectivity index (χ4n) is 3.62. The van der Waals surface area contributed by atoms with Gasteiger partial charge in [-0.1, -0.05) is 13.8 Å². The topological polar surface area (TPSA) is 131 Å². The molecule has 0 spiro atoms. The van der Waals surface area contributed by atoms with Crippen molar-refractivity contribution in [1.29, 1.82) is 0 Å². The van der Waals surface area contributed by atoms with Crippen molar-refractivity contribution in [2.24, 2.45) is 11.8 Å². The van der Waals surface area contributed by atoms with E-state index >= 15 is 0 Å². The number of amides is 3. The number of carbonyl (C=O) groups excluding carboxylic acids is 3. The van der Waals surface area contributed by atoms with Gasteiger partial charge in [-0.25, -0.2) is 9.59 Å². The highest BCUT2D eigenvalue weighted by atomic mass is 16.6. The molecule has 0 aliphatic carbocycles. The zero-order valence-corrected chi connectivity index (χ0v) is 17.6. The van der Waals surface area contributed by atoms with Crippen molar-refractivity contribution in [1.82, 2.24) is 10.6 Å². The average Bonchev–Trinajstić information content (AvgIpc) is 2.66. The number of benzene rings is 1. The molecule has 1 aromatic carbocycles. The van der Waals surface area contributed by atoms with Gasteiger partial charge in [-0.15, -0.1) is 0 Å². The molecule has 3 unspecified atom stereocenters. The first-order valence-electron chi connectivity index (χ1n) is 9.95. The van der Waals surface area contributed by atoms with Crippen LogP contribution in [0.1, 0.15) is 44.5 Å². The predicted molar refractivity (Wildman–Crippen MR) is 110 cm³/mol. The number of esters is 1. The van der Waals surface area contributed by atoms with E-state index in [1.165, 1.54) is 13.0 Å². The Kier molecular flexibility index (Phi) is 7.73. The summed E-state index contributed by atoms with van der Waals surface area (Å²) in [6.07, 6.45) is -0.187. The van der Waals surface area contributed by atoms with Gasteiger partial charge in [0.2, 0.25) is 0 Å². The third-order valence-electron chi connectivity index (χ3n) is 4.84. The van der Waals surface area contributed by atoms with Gasteiger partial charge in [-0.3, -0.25) is 20.2 Å². The van der Waals surface area contributed by atoms with Gasteiger partial charge < -0.3 is 15.0 Å². The number of hydrogen-bond acceptors (Lipinski definition) is 7. The quantitative estimate of drug-likeness (QED) is 0.410. The summed E-state index contributed by atoms with van der Waals surface area (Å²) in [5.74, 6) is -0.871. The zero-order valence-electron chi connectivity index (χ0n) is 17.6. The molecule has 30 heavy (non-hydrogen) atoms. The molecule has 10 heteroatoms. The monoisotopic (exact) mass is 420 g/mol. The number of rotatable bonds is 6. The second-order valence-corrected chi connectivity index (χ2v) is 7.71. The Hall–Kier alpha value is -3.17. The molecule has 3 amide bonds. The molecule has 164 valence electrons. The first-order valence-corrected chi connectivity index (χ1v) is 9.95. The molecule has 1 saturated heterocycles. The van der Waals surface area contributed by atoms with Crippen LogP contribution in [0.4, 0.5) is 16.2 Å². The Morgan fingerprint density at radius 1 is 1.27 bits per heavy atom. The summed E-state index contributed by atoms with van der Waals surface area (Å²) in [5, 5.41) is 16.1. The molecule has 3 atom stereocenters. The van der Waals surface area contributed by atoms with E-state index in [9.17, 15) is 24.5 Å². The summed E-state index contributed by atoms with van der Waals surface area (Å²) in [7, 11) is 0. The number of nitrogens with one attached hydrogen (secondary N) is 2. The van der Waals surface area contributed by atoms with Gasteiger partial charge in [0.1, 0.15) is 5.69 Å².